The number of nitro groups is 1. The number of amides is 1. The molecule has 1 amide bonds. The Hall–Kier alpha value is -3.59. The first-order valence-corrected chi connectivity index (χ1v) is 8.39. The van der Waals surface area contributed by atoms with Gasteiger partial charge in [0.25, 0.3) is 11.6 Å². The number of anilines is 1. The van der Waals surface area contributed by atoms with Gasteiger partial charge in [0.2, 0.25) is 0 Å². The lowest BCUT2D eigenvalue weighted by atomic mass is 10.3. The minimum atomic E-state index is -0.478. The molecule has 4 rings (SSSR count). The van der Waals surface area contributed by atoms with Gasteiger partial charge in [-0.05, 0) is 24.3 Å². The monoisotopic (exact) mass is 365 g/mol. The summed E-state index contributed by atoms with van der Waals surface area (Å²) in [6.45, 7) is 0. The molecule has 0 aliphatic carbocycles. The van der Waals surface area contributed by atoms with Gasteiger partial charge in [0, 0.05) is 18.3 Å². The molecule has 0 fully saturated rings. The van der Waals surface area contributed by atoms with Gasteiger partial charge in [-0.25, -0.2) is 9.67 Å². The van der Waals surface area contributed by atoms with Crippen molar-refractivity contribution in [1.29, 1.82) is 0 Å². The fraction of sp³-hybridized carbons (Fsp3) is 0. The van der Waals surface area contributed by atoms with Crippen molar-refractivity contribution >= 4 is 38.3 Å². The zero-order valence-electron chi connectivity index (χ0n) is 13.2. The molecule has 0 aliphatic heterocycles. The molecule has 9 heteroatoms. The summed E-state index contributed by atoms with van der Waals surface area (Å²) in [5.41, 5.74) is 1.46. The Balaban J connectivity index is 1.56. The van der Waals surface area contributed by atoms with E-state index in [9.17, 15) is 14.9 Å². The number of hydrogen-bond donors (Lipinski definition) is 1. The standard InChI is InChI=1S/C17H11N5O3S/c23-16(19-17-18-13-6-1-2-7-15(13)26-17)14-8-9-21(20-14)11-4-3-5-12(10-11)22(24)25/h1-10H,(H,18,19,23). The highest BCUT2D eigenvalue weighted by Crippen LogP contribution is 2.25. The lowest BCUT2D eigenvalue weighted by molar-refractivity contribution is -0.384. The maximum Gasteiger partial charge on any atom is 0.277 e. The van der Waals surface area contributed by atoms with Gasteiger partial charge in [0.1, 0.15) is 0 Å². The van der Waals surface area contributed by atoms with Gasteiger partial charge < -0.3 is 0 Å². The summed E-state index contributed by atoms with van der Waals surface area (Å²) in [5, 5.41) is 18.3. The molecule has 8 nitrogen and oxygen atoms in total. The average molecular weight is 365 g/mol. The molecule has 0 unspecified atom stereocenters. The highest BCUT2D eigenvalue weighted by molar-refractivity contribution is 7.22. The van der Waals surface area contributed by atoms with E-state index in [0.717, 1.165) is 10.2 Å². The summed E-state index contributed by atoms with van der Waals surface area (Å²) in [6, 6.07) is 15.2. The minimum Gasteiger partial charge on any atom is -0.296 e. The van der Waals surface area contributed by atoms with Gasteiger partial charge in [0.05, 0.1) is 20.8 Å². The SMILES string of the molecule is O=C(Nc1nc2ccccc2s1)c1ccn(-c2cccc([N+](=O)[O-])c2)n1. The predicted octanol–water partition coefficient (Wildman–Crippen LogP) is 3.64. The van der Waals surface area contributed by atoms with E-state index in [4.69, 9.17) is 0 Å². The fourth-order valence-corrected chi connectivity index (χ4v) is 3.29. The van der Waals surface area contributed by atoms with Crippen molar-refractivity contribution in [2.45, 2.75) is 0 Å². The van der Waals surface area contributed by atoms with Crippen LogP contribution in [0.25, 0.3) is 15.9 Å². The van der Waals surface area contributed by atoms with Crippen LogP contribution in [0.1, 0.15) is 10.5 Å². The second-order valence-electron chi connectivity index (χ2n) is 5.36. The molecule has 26 heavy (non-hydrogen) atoms. The molecule has 0 bridgehead atoms. The largest absolute Gasteiger partial charge is 0.296 e. The molecule has 128 valence electrons. The molecule has 0 saturated heterocycles. The molecule has 0 spiro atoms. The number of nitrogens with one attached hydrogen (secondary N) is 1. The molecule has 0 aliphatic rings. The maximum absolute atomic E-state index is 12.4. The number of carbonyl (C=O) groups is 1. The molecule has 2 heterocycles. The van der Waals surface area contributed by atoms with Crippen molar-refractivity contribution in [2.75, 3.05) is 5.32 Å². The lowest BCUT2D eigenvalue weighted by Crippen LogP contribution is -2.13. The number of non-ortho nitro benzene ring substituents is 1. The molecular formula is C17H11N5O3S. The van der Waals surface area contributed by atoms with Crippen molar-refractivity contribution < 1.29 is 9.72 Å². The van der Waals surface area contributed by atoms with Gasteiger partial charge >= 0.3 is 0 Å². The van der Waals surface area contributed by atoms with E-state index < -0.39 is 10.8 Å². The number of nitro benzene ring substituents is 1. The molecule has 1 N–H and O–H groups in total. The summed E-state index contributed by atoms with van der Waals surface area (Å²) in [6.07, 6.45) is 1.58. The van der Waals surface area contributed by atoms with E-state index in [-0.39, 0.29) is 11.4 Å². The van der Waals surface area contributed by atoms with Crippen LogP contribution < -0.4 is 5.32 Å². The number of hydrogen-bond acceptors (Lipinski definition) is 6. The molecule has 0 saturated carbocycles. The Kier molecular flexibility index (Phi) is 3.90. The van der Waals surface area contributed by atoms with Crippen LogP contribution in [0, 0.1) is 10.1 Å². The summed E-state index contributed by atoms with van der Waals surface area (Å²) >= 11 is 1.38. The molecule has 0 radical (unpaired) electrons. The first kappa shape index (κ1) is 15.9. The summed E-state index contributed by atoms with van der Waals surface area (Å²) in [5.74, 6) is -0.395. The van der Waals surface area contributed by atoms with E-state index in [2.05, 4.69) is 15.4 Å². The van der Waals surface area contributed by atoms with Crippen LogP contribution in [0.3, 0.4) is 0 Å². The van der Waals surface area contributed by atoms with E-state index in [1.165, 1.54) is 28.2 Å². The normalized spacial score (nSPS) is 10.8. The molecule has 2 aromatic heterocycles. The second-order valence-corrected chi connectivity index (χ2v) is 6.39. The Bertz CT molecular complexity index is 1100. The average Bonchev–Trinajstić information content (AvgIpc) is 3.28. The molecule has 2 aromatic carbocycles. The number of nitrogens with zero attached hydrogens (tertiary/aromatic N) is 4. The quantitative estimate of drug-likeness (QED) is 0.439. The van der Waals surface area contributed by atoms with E-state index in [0.29, 0.717) is 10.8 Å². The van der Waals surface area contributed by atoms with Crippen molar-refractivity contribution in [3.05, 3.63) is 76.6 Å². The number of aromatic nitrogens is 3. The molecule has 4 aromatic rings. The number of para-hydroxylation sites is 1. The van der Waals surface area contributed by atoms with Crippen molar-refractivity contribution in [3.8, 4) is 5.69 Å². The van der Waals surface area contributed by atoms with Crippen LogP contribution in [-0.2, 0) is 0 Å². The van der Waals surface area contributed by atoms with Crippen LogP contribution >= 0.6 is 11.3 Å². The van der Waals surface area contributed by atoms with Crippen molar-refractivity contribution in [2.24, 2.45) is 0 Å². The van der Waals surface area contributed by atoms with E-state index >= 15 is 0 Å². The zero-order chi connectivity index (χ0) is 18.1. The first-order valence-electron chi connectivity index (χ1n) is 7.57. The van der Waals surface area contributed by atoms with Crippen LogP contribution in [0.5, 0.6) is 0 Å². The summed E-state index contributed by atoms with van der Waals surface area (Å²) in [7, 11) is 0. The smallest absolute Gasteiger partial charge is 0.277 e. The number of fused-ring (bicyclic) bond motifs is 1. The number of benzene rings is 2. The summed E-state index contributed by atoms with van der Waals surface area (Å²) < 4.78 is 2.39. The van der Waals surface area contributed by atoms with Gasteiger partial charge in [-0.3, -0.25) is 20.2 Å². The maximum atomic E-state index is 12.4. The highest BCUT2D eigenvalue weighted by atomic mass is 32.1. The van der Waals surface area contributed by atoms with Crippen LogP contribution in [0.2, 0.25) is 0 Å². The topological polar surface area (TPSA) is 103 Å². The minimum absolute atomic E-state index is 0.0431. The third kappa shape index (κ3) is 3.03. The lowest BCUT2D eigenvalue weighted by Gasteiger charge is -2.01. The Morgan fingerprint density at radius 3 is 2.81 bits per heavy atom. The number of carbonyl (C=O) groups excluding carboxylic acids is 1. The van der Waals surface area contributed by atoms with Crippen molar-refractivity contribution in [3.63, 3.8) is 0 Å². The van der Waals surface area contributed by atoms with Crippen LogP contribution in [0.4, 0.5) is 10.8 Å². The van der Waals surface area contributed by atoms with Gasteiger partial charge in [-0.1, -0.05) is 29.5 Å². The number of rotatable bonds is 4. The molecule has 0 atom stereocenters. The number of thiazole rings is 1. The Morgan fingerprint density at radius 1 is 1.15 bits per heavy atom. The third-order valence-corrected chi connectivity index (χ3v) is 4.59. The summed E-state index contributed by atoms with van der Waals surface area (Å²) in [4.78, 5) is 27.1. The fourth-order valence-electron chi connectivity index (χ4n) is 2.42. The van der Waals surface area contributed by atoms with E-state index in [1.807, 2.05) is 24.3 Å². The Morgan fingerprint density at radius 2 is 2.00 bits per heavy atom. The van der Waals surface area contributed by atoms with Gasteiger partial charge in [-0.15, -0.1) is 0 Å². The van der Waals surface area contributed by atoms with Crippen molar-refractivity contribution in [1.82, 2.24) is 14.8 Å². The van der Waals surface area contributed by atoms with Crippen LogP contribution in [-0.4, -0.2) is 25.6 Å². The Labute approximate surface area is 150 Å². The molecular weight excluding hydrogens is 354 g/mol. The van der Waals surface area contributed by atoms with Gasteiger partial charge in [-0.2, -0.15) is 5.10 Å². The van der Waals surface area contributed by atoms with E-state index in [1.54, 1.807) is 24.4 Å². The second kappa shape index (κ2) is 6.37. The highest BCUT2D eigenvalue weighted by Gasteiger charge is 2.14. The predicted molar refractivity (Wildman–Crippen MR) is 97.8 cm³/mol. The first-order chi connectivity index (χ1) is 12.6. The zero-order valence-corrected chi connectivity index (χ0v) is 14.0. The third-order valence-electron chi connectivity index (χ3n) is 3.64. The van der Waals surface area contributed by atoms with Gasteiger partial charge in [0.15, 0.2) is 10.8 Å². The van der Waals surface area contributed by atoms with Crippen LogP contribution in [0.15, 0.2) is 60.8 Å².